The van der Waals surface area contributed by atoms with Gasteiger partial charge >= 0.3 is 11.8 Å². The molecule has 0 radical (unpaired) electrons. The Morgan fingerprint density at radius 3 is 2.55 bits per heavy atom. The van der Waals surface area contributed by atoms with Gasteiger partial charge in [-0.05, 0) is 0 Å². The van der Waals surface area contributed by atoms with E-state index in [2.05, 4.69) is 0 Å². The summed E-state index contributed by atoms with van der Waals surface area (Å²) < 4.78 is 13.9. The Bertz CT molecular complexity index is 529. The van der Waals surface area contributed by atoms with E-state index < -0.39 is 22.5 Å². The van der Waals surface area contributed by atoms with Gasteiger partial charge in [-0.1, -0.05) is 12.1 Å². The molecule has 1 saturated heterocycles. The third kappa shape index (κ3) is 3.02. The smallest absolute Gasteiger partial charge is 0.407 e. The van der Waals surface area contributed by atoms with Gasteiger partial charge in [0.05, 0.1) is 4.92 Å². The quantitative estimate of drug-likeness (QED) is 0.671. The number of carboxylic acid groups (broad SMARTS) is 1. The Morgan fingerprint density at radius 1 is 1.35 bits per heavy atom. The lowest BCUT2D eigenvalue weighted by atomic mass is 10.1. The minimum absolute atomic E-state index is 0.237. The molecule has 0 saturated carbocycles. The fourth-order valence-electron chi connectivity index (χ4n) is 2.17. The van der Waals surface area contributed by atoms with Gasteiger partial charge in [0.25, 0.3) is 0 Å². The Kier molecular flexibility index (Phi) is 4.14. The van der Waals surface area contributed by atoms with Crippen molar-refractivity contribution in [2.45, 2.75) is 6.54 Å². The van der Waals surface area contributed by atoms with Gasteiger partial charge in [-0.2, -0.15) is 4.39 Å². The van der Waals surface area contributed by atoms with E-state index in [0.717, 1.165) is 6.07 Å². The van der Waals surface area contributed by atoms with Crippen molar-refractivity contribution in [3.63, 3.8) is 0 Å². The third-order valence-corrected chi connectivity index (χ3v) is 3.29. The molecule has 1 aliphatic rings. The summed E-state index contributed by atoms with van der Waals surface area (Å²) in [7, 11) is 0. The molecule has 1 aromatic carbocycles. The first-order chi connectivity index (χ1) is 9.49. The number of hydrogen-bond acceptors (Lipinski definition) is 4. The van der Waals surface area contributed by atoms with Gasteiger partial charge in [-0.25, -0.2) is 4.79 Å². The minimum Gasteiger partial charge on any atom is -0.465 e. The molecule has 7 nitrogen and oxygen atoms in total. The zero-order valence-corrected chi connectivity index (χ0v) is 10.7. The first-order valence-corrected chi connectivity index (χ1v) is 6.11. The highest BCUT2D eigenvalue weighted by Crippen LogP contribution is 2.21. The Hall–Kier alpha value is -2.22. The molecule has 2 rings (SSSR count). The molecule has 1 heterocycles. The van der Waals surface area contributed by atoms with E-state index in [1.54, 1.807) is 0 Å². The lowest BCUT2D eigenvalue weighted by Gasteiger charge is -2.33. The van der Waals surface area contributed by atoms with Crippen molar-refractivity contribution in [1.82, 2.24) is 9.80 Å². The molecule has 0 spiro atoms. The monoisotopic (exact) mass is 283 g/mol. The second-order valence-corrected chi connectivity index (χ2v) is 4.55. The highest BCUT2D eigenvalue weighted by atomic mass is 19.1. The molecular formula is C12H14FN3O4. The van der Waals surface area contributed by atoms with Gasteiger partial charge in [0.15, 0.2) is 0 Å². The summed E-state index contributed by atoms with van der Waals surface area (Å²) in [6.07, 6.45) is -0.967. The number of piperazine rings is 1. The van der Waals surface area contributed by atoms with Crippen molar-refractivity contribution in [3.05, 3.63) is 39.7 Å². The largest absolute Gasteiger partial charge is 0.465 e. The van der Waals surface area contributed by atoms with Crippen molar-refractivity contribution < 1.29 is 19.2 Å². The number of nitro groups is 1. The van der Waals surface area contributed by atoms with E-state index >= 15 is 0 Å². The van der Waals surface area contributed by atoms with Gasteiger partial charge in [-0.3, -0.25) is 15.0 Å². The van der Waals surface area contributed by atoms with Crippen LogP contribution < -0.4 is 0 Å². The molecule has 1 amide bonds. The van der Waals surface area contributed by atoms with Crippen LogP contribution in [0.5, 0.6) is 0 Å². The number of nitrogens with zero attached hydrogens (tertiary/aromatic N) is 3. The predicted molar refractivity (Wildman–Crippen MR) is 67.9 cm³/mol. The van der Waals surface area contributed by atoms with Crippen LogP contribution in [0.1, 0.15) is 5.56 Å². The molecule has 0 atom stereocenters. The number of nitro benzene ring substituents is 1. The number of carbonyl (C=O) groups is 1. The maximum atomic E-state index is 13.9. The second kappa shape index (κ2) is 5.83. The molecule has 0 unspecified atom stereocenters. The lowest BCUT2D eigenvalue weighted by molar-refractivity contribution is -0.387. The summed E-state index contributed by atoms with van der Waals surface area (Å²) in [4.78, 5) is 23.8. The van der Waals surface area contributed by atoms with Gasteiger partial charge in [-0.15, -0.1) is 0 Å². The van der Waals surface area contributed by atoms with E-state index in [0.29, 0.717) is 26.2 Å². The second-order valence-electron chi connectivity index (χ2n) is 4.55. The highest BCUT2D eigenvalue weighted by Gasteiger charge is 2.23. The van der Waals surface area contributed by atoms with Gasteiger partial charge in [0, 0.05) is 44.4 Å². The molecular weight excluding hydrogens is 269 g/mol. The molecule has 20 heavy (non-hydrogen) atoms. The van der Waals surface area contributed by atoms with E-state index in [1.165, 1.54) is 17.0 Å². The lowest BCUT2D eigenvalue weighted by Crippen LogP contribution is -2.47. The number of halogens is 1. The summed E-state index contributed by atoms with van der Waals surface area (Å²) in [6.45, 7) is 1.90. The van der Waals surface area contributed by atoms with Crippen molar-refractivity contribution >= 4 is 11.8 Å². The molecule has 1 fully saturated rings. The topological polar surface area (TPSA) is 86.9 Å². The van der Waals surface area contributed by atoms with Gasteiger partial charge in [0.2, 0.25) is 5.82 Å². The SMILES string of the molecule is O=C(O)N1CCN(Cc2cccc([N+](=O)[O-])c2F)CC1. The summed E-state index contributed by atoms with van der Waals surface area (Å²) >= 11 is 0. The van der Waals surface area contributed by atoms with Crippen LogP contribution in [-0.2, 0) is 6.54 Å². The Morgan fingerprint density at radius 2 is 2.00 bits per heavy atom. The van der Waals surface area contributed by atoms with Crippen LogP contribution in [0.3, 0.4) is 0 Å². The standard InChI is InChI=1S/C12H14FN3O4/c13-11-9(2-1-3-10(11)16(19)20)8-14-4-6-15(7-5-14)12(17)18/h1-3H,4-8H2,(H,17,18). The number of amides is 1. The molecule has 108 valence electrons. The van der Waals surface area contributed by atoms with Crippen molar-refractivity contribution in [2.75, 3.05) is 26.2 Å². The van der Waals surface area contributed by atoms with Gasteiger partial charge < -0.3 is 10.0 Å². The maximum Gasteiger partial charge on any atom is 0.407 e. The summed E-state index contributed by atoms with van der Waals surface area (Å²) in [6, 6.07) is 4.08. The van der Waals surface area contributed by atoms with Crippen LogP contribution in [0.2, 0.25) is 0 Å². The number of benzene rings is 1. The Labute approximate surface area is 114 Å². The van der Waals surface area contributed by atoms with E-state index in [1.807, 2.05) is 4.90 Å². The van der Waals surface area contributed by atoms with Crippen molar-refractivity contribution in [2.24, 2.45) is 0 Å². The molecule has 0 aliphatic carbocycles. The van der Waals surface area contributed by atoms with E-state index in [4.69, 9.17) is 5.11 Å². The van der Waals surface area contributed by atoms with E-state index in [-0.39, 0.29) is 12.1 Å². The fourth-order valence-corrected chi connectivity index (χ4v) is 2.17. The summed E-state index contributed by atoms with van der Waals surface area (Å²) in [5, 5.41) is 19.5. The summed E-state index contributed by atoms with van der Waals surface area (Å²) in [5.41, 5.74) is -0.283. The fraction of sp³-hybridized carbons (Fsp3) is 0.417. The first-order valence-electron chi connectivity index (χ1n) is 6.11. The van der Waals surface area contributed by atoms with Crippen LogP contribution in [0.25, 0.3) is 0 Å². The average molecular weight is 283 g/mol. The third-order valence-electron chi connectivity index (χ3n) is 3.29. The molecule has 8 heteroatoms. The molecule has 1 N–H and O–H groups in total. The molecule has 1 aromatic rings. The molecule has 0 aromatic heterocycles. The van der Waals surface area contributed by atoms with Crippen LogP contribution in [0, 0.1) is 15.9 Å². The van der Waals surface area contributed by atoms with Crippen LogP contribution >= 0.6 is 0 Å². The zero-order valence-electron chi connectivity index (χ0n) is 10.7. The average Bonchev–Trinajstić information content (AvgIpc) is 2.41. The number of hydrogen-bond donors (Lipinski definition) is 1. The normalized spacial score (nSPS) is 16.1. The Balaban J connectivity index is 2.03. The predicted octanol–water partition coefficient (Wildman–Crippen LogP) is 1.53. The minimum atomic E-state index is -0.967. The van der Waals surface area contributed by atoms with Crippen molar-refractivity contribution in [3.8, 4) is 0 Å². The first kappa shape index (κ1) is 14.2. The highest BCUT2D eigenvalue weighted by molar-refractivity contribution is 5.65. The maximum absolute atomic E-state index is 13.9. The van der Waals surface area contributed by atoms with E-state index in [9.17, 15) is 19.3 Å². The number of rotatable bonds is 3. The summed E-state index contributed by atoms with van der Waals surface area (Å²) in [5.74, 6) is -0.821. The van der Waals surface area contributed by atoms with Crippen LogP contribution in [0.4, 0.5) is 14.9 Å². The zero-order chi connectivity index (χ0) is 14.7. The van der Waals surface area contributed by atoms with Gasteiger partial charge in [0.1, 0.15) is 0 Å². The molecule has 0 bridgehead atoms. The molecule has 1 aliphatic heterocycles. The van der Waals surface area contributed by atoms with Crippen molar-refractivity contribution in [1.29, 1.82) is 0 Å². The van der Waals surface area contributed by atoms with Crippen LogP contribution in [-0.4, -0.2) is 52.1 Å². The van der Waals surface area contributed by atoms with Crippen LogP contribution in [0.15, 0.2) is 18.2 Å².